The third kappa shape index (κ3) is 3.37. The highest BCUT2D eigenvalue weighted by Crippen LogP contribution is 2.25. The lowest BCUT2D eigenvalue weighted by atomic mass is 10.2. The molecule has 0 saturated heterocycles. The zero-order valence-corrected chi connectivity index (χ0v) is 14.8. The lowest BCUT2D eigenvalue weighted by Crippen LogP contribution is -1.97. The highest BCUT2D eigenvalue weighted by atomic mass is 35.5. The molecule has 0 aliphatic rings. The first-order valence-electron chi connectivity index (χ1n) is 7.67. The fourth-order valence-electron chi connectivity index (χ4n) is 2.55. The van der Waals surface area contributed by atoms with Gasteiger partial charge in [-0.3, -0.25) is 10.1 Å². The Morgan fingerprint density at radius 3 is 2.73 bits per heavy atom. The summed E-state index contributed by atoms with van der Waals surface area (Å²) in [6.07, 6.45) is 1.75. The fraction of sp³-hybridized carbons (Fsp3) is 0.0588. The van der Waals surface area contributed by atoms with Crippen molar-refractivity contribution in [2.75, 3.05) is 5.32 Å². The van der Waals surface area contributed by atoms with E-state index < -0.39 is 4.92 Å². The number of anilines is 1. The molecule has 0 amide bonds. The van der Waals surface area contributed by atoms with E-state index in [4.69, 9.17) is 11.6 Å². The summed E-state index contributed by atoms with van der Waals surface area (Å²) < 4.78 is 0.530. The van der Waals surface area contributed by atoms with Crippen molar-refractivity contribution in [3.63, 3.8) is 0 Å². The van der Waals surface area contributed by atoms with Crippen molar-refractivity contribution in [1.29, 1.82) is 0 Å². The number of nitro groups is 1. The molecule has 0 aliphatic heterocycles. The minimum absolute atomic E-state index is 0.0374. The average Bonchev–Trinajstić information content (AvgIpc) is 3.25. The standard InChI is InChI=1S/C17H12ClN5O2S/c18-17-20-9-13(26-17)8-19-11-3-1-10(2-4-11)16-21-14-6-5-12(23(24)25)7-15(14)22-16/h1-7,9,19H,8H2,(H,21,22). The minimum Gasteiger partial charge on any atom is -0.380 e. The molecule has 7 nitrogen and oxygen atoms in total. The fourth-order valence-corrected chi connectivity index (χ4v) is 3.47. The van der Waals surface area contributed by atoms with E-state index in [1.165, 1.54) is 23.5 Å². The number of fused-ring (bicyclic) bond motifs is 1. The summed E-state index contributed by atoms with van der Waals surface area (Å²) in [6, 6.07) is 12.4. The summed E-state index contributed by atoms with van der Waals surface area (Å²) in [7, 11) is 0. The molecule has 4 rings (SSSR count). The molecule has 0 radical (unpaired) electrons. The second-order valence-electron chi connectivity index (χ2n) is 5.55. The lowest BCUT2D eigenvalue weighted by Gasteiger charge is -2.05. The highest BCUT2D eigenvalue weighted by Gasteiger charge is 2.10. The van der Waals surface area contributed by atoms with Crippen LogP contribution in [0.2, 0.25) is 4.47 Å². The van der Waals surface area contributed by atoms with Crippen LogP contribution in [0.5, 0.6) is 0 Å². The number of nitro benzene ring substituents is 1. The monoisotopic (exact) mass is 385 g/mol. The molecule has 26 heavy (non-hydrogen) atoms. The van der Waals surface area contributed by atoms with E-state index >= 15 is 0 Å². The van der Waals surface area contributed by atoms with Crippen LogP contribution in [0.25, 0.3) is 22.4 Å². The second kappa shape index (κ2) is 6.74. The molecule has 0 fully saturated rings. The van der Waals surface area contributed by atoms with Crippen LogP contribution < -0.4 is 5.32 Å². The van der Waals surface area contributed by atoms with Crippen LogP contribution in [0, 0.1) is 10.1 Å². The number of imidazole rings is 1. The first-order chi connectivity index (χ1) is 12.6. The predicted octanol–water partition coefficient (Wildman–Crippen LogP) is 4.86. The van der Waals surface area contributed by atoms with Crippen molar-refractivity contribution >= 4 is 45.3 Å². The third-order valence-electron chi connectivity index (χ3n) is 3.83. The Hall–Kier alpha value is -2.97. The maximum atomic E-state index is 10.9. The van der Waals surface area contributed by atoms with Crippen LogP contribution in [-0.2, 0) is 6.54 Å². The molecule has 0 unspecified atom stereocenters. The van der Waals surface area contributed by atoms with Gasteiger partial charge in [-0.05, 0) is 30.3 Å². The number of H-pyrrole nitrogens is 1. The van der Waals surface area contributed by atoms with E-state index in [9.17, 15) is 10.1 Å². The van der Waals surface area contributed by atoms with Crippen LogP contribution in [-0.4, -0.2) is 19.9 Å². The molecule has 0 saturated carbocycles. The SMILES string of the molecule is O=[N+]([O-])c1ccc2nc(-c3ccc(NCc4cnc(Cl)s4)cc3)[nH]c2c1. The quantitative estimate of drug-likeness (QED) is 0.377. The Balaban J connectivity index is 1.52. The molecule has 2 aromatic heterocycles. The van der Waals surface area contributed by atoms with Crippen molar-refractivity contribution in [3.8, 4) is 11.4 Å². The number of rotatable bonds is 5. The van der Waals surface area contributed by atoms with Gasteiger partial charge < -0.3 is 10.3 Å². The summed E-state index contributed by atoms with van der Waals surface area (Å²) >= 11 is 7.26. The Morgan fingerprint density at radius 1 is 1.23 bits per heavy atom. The van der Waals surface area contributed by atoms with Gasteiger partial charge in [0.15, 0.2) is 4.47 Å². The van der Waals surface area contributed by atoms with Gasteiger partial charge in [-0.2, -0.15) is 0 Å². The number of aromatic amines is 1. The number of nitrogens with one attached hydrogen (secondary N) is 2. The van der Waals surface area contributed by atoms with E-state index in [0.717, 1.165) is 16.1 Å². The van der Waals surface area contributed by atoms with E-state index in [0.29, 0.717) is 27.9 Å². The minimum atomic E-state index is -0.420. The number of benzene rings is 2. The molecule has 0 aliphatic carbocycles. The van der Waals surface area contributed by atoms with Gasteiger partial charge in [-0.1, -0.05) is 11.6 Å². The van der Waals surface area contributed by atoms with Crippen molar-refractivity contribution in [1.82, 2.24) is 15.0 Å². The van der Waals surface area contributed by atoms with Crippen molar-refractivity contribution in [2.45, 2.75) is 6.54 Å². The van der Waals surface area contributed by atoms with Gasteiger partial charge in [-0.25, -0.2) is 9.97 Å². The van der Waals surface area contributed by atoms with Gasteiger partial charge >= 0.3 is 0 Å². The van der Waals surface area contributed by atoms with Gasteiger partial charge in [0, 0.05) is 34.5 Å². The summed E-state index contributed by atoms with van der Waals surface area (Å²) in [5, 5.41) is 14.2. The average molecular weight is 386 g/mol. The Kier molecular flexibility index (Phi) is 4.27. The molecule has 0 spiro atoms. The van der Waals surface area contributed by atoms with Gasteiger partial charge in [0.05, 0.1) is 22.5 Å². The second-order valence-corrected chi connectivity index (χ2v) is 7.25. The number of hydrogen-bond donors (Lipinski definition) is 2. The number of hydrogen-bond acceptors (Lipinski definition) is 6. The number of non-ortho nitro benzene ring substituents is 1. The van der Waals surface area contributed by atoms with E-state index in [2.05, 4.69) is 20.3 Å². The van der Waals surface area contributed by atoms with Gasteiger partial charge in [0.2, 0.25) is 0 Å². The zero-order chi connectivity index (χ0) is 18.1. The molecule has 0 bridgehead atoms. The van der Waals surface area contributed by atoms with Crippen LogP contribution in [0.1, 0.15) is 4.88 Å². The van der Waals surface area contributed by atoms with Crippen LogP contribution in [0.4, 0.5) is 11.4 Å². The number of aromatic nitrogens is 3. The topological polar surface area (TPSA) is 96.7 Å². The Labute approximate surface area is 156 Å². The Bertz CT molecular complexity index is 1090. The molecular formula is C17H12ClN5O2S. The molecule has 2 aromatic carbocycles. The van der Waals surface area contributed by atoms with E-state index in [1.807, 2.05) is 24.3 Å². The summed E-state index contributed by atoms with van der Waals surface area (Å²) in [6.45, 7) is 0.651. The first-order valence-corrected chi connectivity index (χ1v) is 8.86. The lowest BCUT2D eigenvalue weighted by molar-refractivity contribution is -0.384. The number of thiazole rings is 1. The molecule has 2 heterocycles. The van der Waals surface area contributed by atoms with Crippen LogP contribution in [0.15, 0.2) is 48.7 Å². The number of halogens is 1. The van der Waals surface area contributed by atoms with Crippen LogP contribution in [0.3, 0.4) is 0 Å². The van der Waals surface area contributed by atoms with E-state index in [1.54, 1.807) is 12.3 Å². The van der Waals surface area contributed by atoms with Crippen molar-refractivity contribution < 1.29 is 4.92 Å². The summed E-state index contributed by atoms with van der Waals surface area (Å²) in [4.78, 5) is 23.1. The van der Waals surface area contributed by atoms with Gasteiger partial charge in [0.1, 0.15) is 5.82 Å². The molecule has 4 aromatic rings. The van der Waals surface area contributed by atoms with Crippen molar-refractivity contribution in [3.05, 3.63) is 68.1 Å². The molecule has 2 N–H and O–H groups in total. The zero-order valence-electron chi connectivity index (χ0n) is 13.3. The summed E-state index contributed by atoms with van der Waals surface area (Å²) in [5.41, 5.74) is 3.23. The van der Waals surface area contributed by atoms with Crippen molar-refractivity contribution in [2.24, 2.45) is 0 Å². The first kappa shape index (κ1) is 16.5. The van der Waals surface area contributed by atoms with Gasteiger partial charge in [0.25, 0.3) is 5.69 Å². The largest absolute Gasteiger partial charge is 0.380 e. The molecule has 0 atom stereocenters. The van der Waals surface area contributed by atoms with Gasteiger partial charge in [-0.15, -0.1) is 11.3 Å². The maximum Gasteiger partial charge on any atom is 0.271 e. The molecule has 130 valence electrons. The third-order valence-corrected chi connectivity index (χ3v) is 4.94. The smallest absolute Gasteiger partial charge is 0.271 e. The molecular weight excluding hydrogens is 374 g/mol. The highest BCUT2D eigenvalue weighted by molar-refractivity contribution is 7.15. The maximum absolute atomic E-state index is 10.9. The molecule has 9 heteroatoms. The predicted molar refractivity (Wildman–Crippen MR) is 103 cm³/mol. The Morgan fingerprint density at radius 2 is 2.04 bits per heavy atom. The number of nitrogens with zero attached hydrogens (tertiary/aromatic N) is 3. The van der Waals surface area contributed by atoms with E-state index in [-0.39, 0.29) is 5.69 Å². The normalized spacial score (nSPS) is 11.0. The van der Waals surface area contributed by atoms with Crippen LogP contribution >= 0.6 is 22.9 Å². The summed E-state index contributed by atoms with van der Waals surface area (Å²) in [5.74, 6) is 0.668.